The lowest BCUT2D eigenvalue weighted by Gasteiger charge is -2.00. The number of thiazole rings is 2. The average molecular weight is 301 g/mol. The van der Waals surface area contributed by atoms with Crippen LogP contribution in [0.3, 0.4) is 0 Å². The first-order chi connectivity index (χ1) is 9.74. The van der Waals surface area contributed by atoms with Crippen LogP contribution in [0.25, 0.3) is 11.3 Å². The molecular weight excluding hydrogens is 286 g/mol. The fourth-order valence-electron chi connectivity index (χ4n) is 2.03. The van der Waals surface area contributed by atoms with Gasteiger partial charge in [0.2, 0.25) is 0 Å². The standard InChI is InChI=1S/C15H15N3S2/c1-10-17-13(8-19-10)6-15-18-14(9-20-15)12-4-2-3-11(5-12)7-16/h2-5,8-9H,6-7,16H2,1H3. The minimum atomic E-state index is 0.558. The van der Waals surface area contributed by atoms with E-state index >= 15 is 0 Å². The maximum absolute atomic E-state index is 5.68. The maximum Gasteiger partial charge on any atom is 0.0992 e. The van der Waals surface area contributed by atoms with E-state index in [4.69, 9.17) is 10.7 Å². The van der Waals surface area contributed by atoms with E-state index in [-0.39, 0.29) is 0 Å². The van der Waals surface area contributed by atoms with Crippen molar-refractivity contribution in [3.05, 3.63) is 56.3 Å². The second-order valence-electron chi connectivity index (χ2n) is 4.57. The molecule has 0 aliphatic carbocycles. The zero-order chi connectivity index (χ0) is 13.9. The van der Waals surface area contributed by atoms with Crippen molar-refractivity contribution in [1.82, 2.24) is 9.97 Å². The van der Waals surface area contributed by atoms with Gasteiger partial charge in [0.1, 0.15) is 0 Å². The number of aryl methyl sites for hydroxylation is 1. The molecule has 2 heterocycles. The van der Waals surface area contributed by atoms with E-state index in [0.29, 0.717) is 6.54 Å². The molecule has 3 aromatic rings. The van der Waals surface area contributed by atoms with Crippen LogP contribution in [0.1, 0.15) is 21.3 Å². The van der Waals surface area contributed by atoms with Crippen LogP contribution in [0.15, 0.2) is 35.0 Å². The van der Waals surface area contributed by atoms with Gasteiger partial charge in [-0.2, -0.15) is 0 Å². The summed E-state index contributed by atoms with van der Waals surface area (Å²) in [4.78, 5) is 9.19. The Labute approximate surface area is 126 Å². The number of nitrogens with zero attached hydrogens (tertiary/aromatic N) is 2. The van der Waals surface area contributed by atoms with Crippen molar-refractivity contribution in [2.75, 3.05) is 0 Å². The van der Waals surface area contributed by atoms with Crippen LogP contribution < -0.4 is 5.73 Å². The van der Waals surface area contributed by atoms with Crippen LogP contribution in [-0.4, -0.2) is 9.97 Å². The van der Waals surface area contributed by atoms with Crippen LogP contribution in [-0.2, 0) is 13.0 Å². The van der Waals surface area contributed by atoms with Gasteiger partial charge in [0.25, 0.3) is 0 Å². The van der Waals surface area contributed by atoms with Gasteiger partial charge in [0.15, 0.2) is 0 Å². The summed E-state index contributed by atoms with van der Waals surface area (Å²) in [6.07, 6.45) is 0.811. The first-order valence-corrected chi connectivity index (χ1v) is 8.15. The Balaban J connectivity index is 1.82. The number of hydrogen-bond acceptors (Lipinski definition) is 5. The maximum atomic E-state index is 5.68. The van der Waals surface area contributed by atoms with Gasteiger partial charge in [0.05, 0.1) is 21.4 Å². The Kier molecular flexibility index (Phi) is 3.91. The third-order valence-corrected chi connectivity index (χ3v) is 4.68. The lowest BCUT2D eigenvalue weighted by atomic mass is 10.1. The van der Waals surface area contributed by atoms with Crippen molar-refractivity contribution >= 4 is 22.7 Å². The molecule has 0 spiro atoms. The topological polar surface area (TPSA) is 51.8 Å². The molecule has 2 aromatic heterocycles. The smallest absolute Gasteiger partial charge is 0.0992 e. The summed E-state index contributed by atoms with van der Waals surface area (Å²) < 4.78 is 0. The van der Waals surface area contributed by atoms with Crippen LogP contribution in [0.4, 0.5) is 0 Å². The molecule has 5 heteroatoms. The van der Waals surface area contributed by atoms with Gasteiger partial charge in [-0.3, -0.25) is 0 Å². The lowest BCUT2D eigenvalue weighted by Crippen LogP contribution is -1.95. The van der Waals surface area contributed by atoms with Crippen LogP contribution >= 0.6 is 22.7 Å². The predicted molar refractivity (Wildman–Crippen MR) is 85.1 cm³/mol. The van der Waals surface area contributed by atoms with E-state index in [0.717, 1.165) is 39.0 Å². The predicted octanol–water partition coefficient (Wildman–Crippen LogP) is 3.62. The number of nitrogens with two attached hydrogens (primary N) is 1. The molecule has 0 fully saturated rings. The summed E-state index contributed by atoms with van der Waals surface area (Å²) in [5, 5.41) is 6.41. The van der Waals surface area contributed by atoms with E-state index in [1.54, 1.807) is 22.7 Å². The molecule has 2 N–H and O–H groups in total. The minimum absolute atomic E-state index is 0.558. The van der Waals surface area contributed by atoms with Crippen LogP contribution in [0, 0.1) is 6.92 Å². The second kappa shape index (κ2) is 5.83. The molecular formula is C15H15N3S2. The summed E-state index contributed by atoms with van der Waals surface area (Å²) in [5.74, 6) is 0. The first kappa shape index (κ1) is 13.4. The third-order valence-electron chi connectivity index (χ3n) is 3.01. The van der Waals surface area contributed by atoms with Crippen LogP contribution in [0.5, 0.6) is 0 Å². The van der Waals surface area contributed by atoms with Crippen molar-refractivity contribution in [2.24, 2.45) is 5.73 Å². The Morgan fingerprint density at radius 3 is 2.80 bits per heavy atom. The number of rotatable bonds is 4. The average Bonchev–Trinajstić information content (AvgIpc) is 3.09. The molecule has 0 amide bonds. The Bertz CT molecular complexity index is 715. The monoisotopic (exact) mass is 301 g/mol. The molecule has 0 aliphatic rings. The zero-order valence-corrected chi connectivity index (χ0v) is 12.8. The van der Waals surface area contributed by atoms with Gasteiger partial charge in [-0.1, -0.05) is 18.2 Å². The summed E-state index contributed by atoms with van der Waals surface area (Å²) in [7, 11) is 0. The highest BCUT2D eigenvalue weighted by Crippen LogP contribution is 2.24. The highest BCUT2D eigenvalue weighted by molar-refractivity contribution is 7.10. The van der Waals surface area contributed by atoms with Crippen molar-refractivity contribution in [2.45, 2.75) is 19.9 Å². The number of benzene rings is 1. The molecule has 0 saturated carbocycles. The van der Waals surface area contributed by atoms with E-state index in [1.165, 1.54) is 0 Å². The molecule has 3 rings (SSSR count). The first-order valence-electron chi connectivity index (χ1n) is 6.39. The molecule has 0 aliphatic heterocycles. The van der Waals surface area contributed by atoms with Gasteiger partial charge >= 0.3 is 0 Å². The third kappa shape index (κ3) is 2.95. The van der Waals surface area contributed by atoms with Gasteiger partial charge in [-0.15, -0.1) is 22.7 Å². The van der Waals surface area contributed by atoms with E-state index in [2.05, 4.69) is 27.9 Å². The second-order valence-corrected chi connectivity index (χ2v) is 6.57. The van der Waals surface area contributed by atoms with E-state index in [1.807, 2.05) is 19.1 Å². The Morgan fingerprint density at radius 2 is 2.05 bits per heavy atom. The van der Waals surface area contributed by atoms with E-state index in [9.17, 15) is 0 Å². The fourth-order valence-corrected chi connectivity index (χ4v) is 3.46. The summed E-state index contributed by atoms with van der Waals surface area (Å²) in [6.45, 7) is 2.59. The van der Waals surface area contributed by atoms with Gasteiger partial charge < -0.3 is 5.73 Å². The molecule has 0 bridgehead atoms. The van der Waals surface area contributed by atoms with E-state index < -0.39 is 0 Å². The summed E-state index contributed by atoms with van der Waals surface area (Å²) >= 11 is 3.37. The van der Waals surface area contributed by atoms with Crippen molar-refractivity contribution < 1.29 is 0 Å². The molecule has 0 unspecified atom stereocenters. The van der Waals surface area contributed by atoms with Gasteiger partial charge in [0, 0.05) is 29.3 Å². The highest BCUT2D eigenvalue weighted by Gasteiger charge is 2.07. The molecule has 0 radical (unpaired) electrons. The Hall–Kier alpha value is -1.56. The lowest BCUT2D eigenvalue weighted by molar-refractivity contribution is 1.06. The minimum Gasteiger partial charge on any atom is -0.326 e. The van der Waals surface area contributed by atoms with Gasteiger partial charge in [-0.05, 0) is 18.6 Å². The molecule has 102 valence electrons. The zero-order valence-electron chi connectivity index (χ0n) is 11.2. The molecule has 0 saturated heterocycles. The SMILES string of the molecule is Cc1nc(Cc2nc(-c3cccc(CN)c3)cs2)cs1. The highest BCUT2D eigenvalue weighted by atomic mass is 32.1. The van der Waals surface area contributed by atoms with Crippen molar-refractivity contribution in [3.8, 4) is 11.3 Å². The fraction of sp³-hybridized carbons (Fsp3) is 0.200. The largest absolute Gasteiger partial charge is 0.326 e. The molecule has 0 atom stereocenters. The van der Waals surface area contributed by atoms with Crippen molar-refractivity contribution in [3.63, 3.8) is 0 Å². The molecule has 1 aromatic carbocycles. The number of hydrogen-bond donors (Lipinski definition) is 1. The summed E-state index contributed by atoms with van der Waals surface area (Å²) in [5.41, 5.74) is 10.1. The normalized spacial score (nSPS) is 10.9. The molecule has 3 nitrogen and oxygen atoms in total. The Morgan fingerprint density at radius 1 is 1.15 bits per heavy atom. The van der Waals surface area contributed by atoms with Gasteiger partial charge in [-0.25, -0.2) is 9.97 Å². The summed E-state index contributed by atoms with van der Waals surface area (Å²) in [6, 6.07) is 8.24. The molecule has 20 heavy (non-hydrogen) atoms. The quantitative estimate of drug-likeness (QED) is 0.800. The van der Waals surface area contributed by atoms with Crippen LogP contribution in [0.2, 0.25) is 0 Å². The number of aromatic nitrogens is 2. The van der Waals surface area contributed by atoms with Crippen molar-refractivity contribution in [1.29, 1.82) is 0 Å².